The van der Waals surface area contributed by atoms with Crippen molar-refractivity contribution in [3.8, 4) is 53.6 Å². The SMILES string of the molecule is COCCCCCCc1cc2c(s1)-c1ccc3c4c(ccc-2c14)-c1cc(-c2ccc(C)cc2)sc1-3. The van der Waals surface area contributed by atoms with E-state index in [0.29, 0.717) is 0 Å². The lowest BCUT2D eigenvalue weighted by Gasteiger charge is -2.07. The van der Waals surface area contributed by atoms with E-state index in [0.717, 1.165) is 6.61 Å². The predicted octanol–water partition coefficient (Wildman–Crippen LogP) is 9.98. The fourth-order valence-corrected chi connectivity index (χ4v) is 8.29. The summed E-state index contributed by atoms with van der Waals surface area (Å²) in [6.45, 7) is 3.04. The maximum Gasteiger partial charge on any atom is 0.0462 e. The first-order valence-electron chi connectivity index (χ1n) is 12.7. The molecule has 2 aliphatic carbocycles. The summed E-state index contributed by atoms with van der Waals surface area (Å²) in [5.41, 5.74) is 11.2. The van der Waals surface area contributed by atoms with Crippen molar-refractivity contribution in [3.05, 3.63) is 71.1 Å². The van der Waals surface area contributed by atoms with Crippen LogP contribution in [0.15, 0.2) is 60.7 Å². The molecule has 35 heavy (non-hydrogen) atoms. The van der Waals surface area contributed by atoms with E-state index in [1.54, 1.807) is 7.11 Å². The molecule has 3 heteroatoms. The third-order valence-corrected chi connectivity index (χ3v) is 10.0. The van der Waals surface area contributed by atoms with Crippen molar-refractivity contribution in [2.24, 2.45) is 0 Å². The van der Waals surface area contributed by atoms with E-state index >= 15 is 0 Å². The lowest BCUT2D eigenvalue weighted by atomic mass is 9.97. The zero-order valence-electron chi connectivity index (χ0n) is 20.2. The summed E-state index contributed by atoms with van der Waals surface area (Å²) in [6.07, 6.45) is 6.20. The van der Waals surface area contributed by atoms with Crippen LogP contribution in [0.5, 0.6) is 0 Å². The van der Waals surface area contributed by atoms with Crippen LogP contribution in [0, 0.1) is 6.92 Å². The monoisotopic (exact) mass is 492 g/mol. The molecule has 0 saturated carbocycles. The number of hydrogen-bond acceptors (Lipinski definition) is 3. The second-order valence-corrected chi connectivity index (χ2v) is 12.1. The molecule has 0 unspecified atom stereocenters. The molecule has 0 radical (unpaired) electrons. The van der Waals surface area contributed by atoms with Gasteiger partial charge in [0.05, 0.1) is 0 Å². The van der Waals surface area contributed by atoms with Gasteiger partial charge in [0.1, 0.15) is 0 Å². The molecule has 7 rings (SSSR count). The van der Waals surface area contributed by atoms with E-state index in [2.05, 4.69) is 67.6 Å². The zero-order valence-corrected chi connectivity index (χ0v) is 21.9. The summed E-state index contributed by atoms with van der Waals surface area (Å²) >= 11 is 3.96. The number of rotatable bonds is 8. The minimum Gasteiger partial charge on any atom is -0.385 e. The maximum atomic E-state index is 5.18. The lowest BCUT2D eigenvalue weighted by molar-refractivity contribution is 0.192. The van der Waals surface area contributed by atoms with Crippen LogP contribution >= 0.6 is 22.7 Å². The summed E-state index contributed by atoms with van der Waals surface area (Å²) in [7, 11) is 1.79. The first-order valence-corrected chi connectivity index (χ1v) is 14.3. The van der Waals surface area contributed by atoms with Gasteiger partial charge in [-0.15, -0.1) is 22.7 Å². The molecule has 2 aliphatic rings. The van der Waals surface area contributed by atoms with Gasteiger partial charge >= 0.3 is 0 Å². The number of aryl methyl sites for hydroxylation is 2. The molecule has 2 heterocycles. The molecular formula is C32H28OS2. The number of fused-ring (bicyclic) bond motifs is 6. The Balaban J connectivity index is 1.21. The van der Waals surface area contributed by atoms with Crippen LogP contribution in [0.2, 0.25) is 0 Å². The van der Waals surface area contributed by atoms with Crippen molar-refractivity contribution >= 4 is 33.4 Å². The molecule has 0 atom stereocenters. The van der Waals surface area contributed by atoms with Crippen molar-refractivity contribution in [1.29, 1.82) is 0 Å². The Morgan fingerprint density at radius 3 is 1.97 bits per heavy atom. The number of thiophene rings is 2. The Hall–Kier alpha value is -2.72. The van der Waals surface area contributed by atoms with Gasteiger partial charge in [0.2, 0.25) is 0 Å². The Bertz CT molecular complexity index is 1500. The Kier molecular flexibility index (Phi) is 5.20. The van der Waals surface area contributed by atoms with E-state index in [1.807, 2.05) is 22.7 Å². The van der Waals surface area contributed by atoms with Crippen molar-refractivity contribution < 1.29 is 4.74 Å². The first kappa shape index (κ1) is 21.6. The number of hydrogen-bond donors (Lipinski definition) is 0. The number of unbranched alkanes of at least 4 members (excludes halogenated alkanes) is 3. The molecule has 0 aliphatic heterocycles. The van der Waals surface area contributed by atoms with Gasteiger partial charge in [-0.25, -0.2) is 0 Å². The van der Waals surface area contributed by atoms with E-state index in [9.17, 15) is 0 Å². The van der Waals surface area contributed by atoms with Gasteiger partial charge in [-0.3, -0.25) is 0 Å². The van der Waals surface area contributed by atoms with Crippen LogP contribution in [0.25, 0.3) is 64.3 Å². The summed E-state index contributed by atoms with van der Waals surface area (Å²) in [5, 5.41) is 2.95. The van der Waals surface area contributed by atoms with Gasteiger partial charge in [0, 0.05) is 55.5 Å². The minimum absolute atomic E-state index is 0.887. The zero-order chi connectivity index (χ0) is 23.5. The molecule has 0 amide bonds. The molecule has 0 saturated heterocycles. The summed E-state index contributed by atoms with van der Waals surface area (Å²) in [4.78, 5) is 5.81. The molecule has 2 aromatic heterocycles. The Morgan fingerprint density at radius 1 is 0.629 bits per heavy atom. The van der Waals surface area contributed by atoms with Crippen LogP contribution < -0.4 is 0 Å². The van der Waals surface area contributed by atoms with Crippen LogP contribution in [0.3, 0.4) is 0 Å². The van der Waals surface area contributed by atoms with Gasteiger partial charge in [0.25, 0.3) is 0 Å². The normalized spacial score (nSPS) is 12.5. The molecule has 1 nitrogen and oxygen atoms in total. The molecule has 3 aromatic carbocycles. The average molecular weight is 493 g/mol. The molecule has 0 bridgehead atoms. The highest BCUT2D eigenvalue weighted by molar-refractivity contribution is 7.19. The van der Waals surface area contributed by atoms with Gasteiger partial charge < -0.3 is 4.74 Å². The van der Waals surface area contributed by atoms with Crippen LogP contribution in [-0.2, 0) is 11.2 Å². The quantitative estimate of drug-likeness (QED) is 0.192. The second-order valence-electron chi connectivity index (χ2n) is 9.90. The fourth-order valence-electron chi connectivity index (χ4n) is 5.84. The highest BCUT2D eigenvalue weighted by Crippen LogP contribution is 2.59. The van der Waals surface area contributed by atoms with Crippen LogP contribution in [-0.4, -0.2) is 13.7 Å². The highest BCUT2D eigenvalue weighted by Gasteiger charge is 2.31. The highest BCUT2D eigenvalue weighted by atomic mass is 32.1. The molecule has 0 fully saturated rings. The largest absolute Gasteiger partial charge is 0.385 e. The van der Waals surface area contributed by atoms with Crippen molar-refractivity contribution in [2.45, 2.75) is 39.0 Å². The minimum atomic E-state index is 0.887. The average Bonchev–Trinajstić information content (AvgIpc) is 3.61. The smallest absolute Gasteiger partial charge is 0.0462 e. The van der Waals surface area contributed by atoms with Crippen molar-refractivity contribution in [2.75, 3.05) is 13.7 Å². The maximum absolute atomic E-state index is 5.18. The summed E-state index contributed by atoms with van der Waals surface area (Å²) in [5.74, 6) is 0. The fraction of sp³-hybridized carbons (Fsp3) is 0.250. The summed E-state index contributed by atoms with van der Waals surface area (Å²) < 4.78 is 5.18. The topological polar surface area (TPSA) is 9.23 Å². The van der Waals surface area contributed by atoms with Gasteiger partial charge in [0.15, 0.2) is 0 Å². The molecular weight excluding hydrogens is 464 g/mol. The summed E-state index contributed by atoms with van der Waals surface area (Å²) in [6, 6.07) is 23.4. The third-order valence-electron chi connectivity index (χ3n) is 7.60. The van der Waals surface area contributed by atoms with E-state index in [-0.39, 0.29) is 0 Å². The van der Waals surface area contributed by atoms with Crippen LogP contribution in [0.4, 0.5) is 0 Å². The van der Waals surface area contributed by atoms with E-state index in [1.165, 1.54) is 107 Å². The van der Waals surface area contributed by atoms with Gasteiger partial charge in [-0.05, 0) is 65.8 Å². The van der Waals surface area contributed by atoms with E-state index < -0.39 is 0 Å². The molecule has 0 spiro atoms. The molecule has 5 aromatic rings. The second kappa shape index (κ2) is 8.44. The first-order chi connectivity index (χ1) is 17.2. The van der Waals surface area contributed by atoms with Gasteiger partial charge in [-0.1, -0.05) is 66.9 Å². The standard InChI is InChI=1S/C32H28OS2/c1-19-8-10-20(11-9-19)28-18-27-23-13-12-22-26-17-21(7-5-3-4-6-16-33-2)34-31(26)24-14-15-25(32(27)35-28)30(23)29(22)24/h8-15,17-18H,3-7,16H2,1-2H3. The molecule has 174 valence electrons. The number of benzene rings is 3. The van der Waals surface area contributed by atoms with E-state index in [4.69, 9.17) is 4.74 Å². The Labute approximate surface area is 215 Å². The third kappa shape index (κ3) is 3.36. The Morgan fingerprint density at radius 2 is 1.26 bits per heavy atom. The van der Waals surface area contributed by atoms with Crippen LogP contribution in [0.1, 0.15) is 36.1 Å². The number of ether oxygens (including phenoxy) is 1. The van der Waals surface area contributed by atoms with Crippen molar-refractivity contribution in [3.63, 3.8) is 0 Å². The lowest BCUT2D eigenvalue weighted by Crippen LogP contribution is -1.89. The van der Waals surface area contributed by atoms with Crippen molar-refractivity contribution in [1.82, 2.24) is 0 Å². The molecule has 0 N–H and O–H groups in total. The predicted molar refractivity (Wildman–Crippen MR) is 153 cm³/mol. The van der Waals surface area contributed by atoms with Gasteiger partial charge in [-0.2, -0.15) is 0 Å². The number of methoxy groups -OCH3 is 1.